The second-order valence-corrected chi connectivity index (χ2v) is 13.2. The summed E-state index contributed by atoms with van der Waals surface area (Å²) in [6.45, 7) is 4.36. The number of hydrogen-bond donors (Lipinski definition) is 2. The molecular weight excluding hydrogens is 622 g/mol. The highest BCUT2D eigenvalue weighted by molar-refractivity contribution is 5.98. The Labute approximate surface area is 283 Å². The van der Waals surface area contributed by atoms with Crippen LogP contribution >= 0.6 is 0 Å². The third-order valence-corrected chi connectivity index (χ3v) is 8.91. The number of anilines is 3. The average molecular weight is 660 g/mol. The van der Waals surface area contributed by atoms with Gasteiger partial charge >= 0.3 is 0 Å². The van der Waals surface area contributed by atoms with Gasteiger partial charge < -0.3 is 19.9 Å². The number of aromatic nitrogens is 5. The molecule has 0 bridgehead atoms. The maximum atomic E-state index is 14.0. The van der Waals surface area contributed by atoms with Crippen LogP contribution in [0, 0.1) is 5.92 Å². The second-order valence-electron chi connectivity index (χ2n) is 13.2. The van der Waals surface area contributed by atoms with E-state index < -0.39 is 5.54 Å². The summed E-state index contributed by atoms with van der Waals surface area (Å²) in [6.07, 6.45) is 5.67. The van der Waals surface area contributed by atoms with Crippen LogP contribution in [0.15, 0.2) is 67.0 Å². The lowest BCUT2D eigenvalue weighted by Gasteiger charge is -2.43. The molecule has 13 heteroatoms. The Balaban J connectivity index is 1.17. The molecule has 49 heavy (non-hydrogen) atoms. The summed E-state index contributed by atoms with van der Waals surface area (Å²) in [6, 6.07) is 16.9. The zero-order valence-corrected chi connectivity index (χ0v) is 28.0. The first-order valence-corrected chi connectivity index (χ1v) is 16.1. The third kappa shape index (κ3) is 6.15. The first kappa shape index (κ1) is 31.7. The Morgan fingerprint density at radius 3 is 2.59 bits per heavy atom. The van der Waals surface area contributed by atoms with E-state index in [2.05, 4.69) is 30.7 Å². The molecule has 0 atom stereocenters. The number of methoxy groups -OCH3 is 1. The number of hydrogen-bond acceptors (Lipinski definition) is 9. The third-order valence-electron chi connectivity index (χ3n) is 8.91. The van der Waals surface area contributed by atoms with Gasteiger partial charge in [-0.05, 0) is 68.5 Å². The highest BCUT2D eigenvalue weighted by Crippen LogP contribution is 2.41. The van der Waals surface area contributed by atoms with Gasteiger partial charge in [0.05, 0.1) is 25.0 Å². The Morgan fingerprint density at radius 1 is 1.04 bits per heavy atom. The van der Waals surface area contributed by atoms with Crippen molar-refractivity contribution in [2.45, 2.75) is 45.2 Å². The number of fused-ring (bicyclic) bond motifs is 2. The van der Waals surface area contributed by atoms with Crippen molar-refractivity contribution >= 4 is 40.8 Å². The predicted molar refractivity (Wildman–Crippen MR) is 184 cm³/mol. The zero-order chi connectivity index (χ0) is 34.4. The van der Waals surface area contributed by atoms with E-state index >= 15 is 0 Å². The lowest BCUT2D eigenvalue weighted by atomic mass is 9.83. The van der Waals surface area contributed by atoms with Crippen LogP contribution in [0.3, 0.4) is 0 Å². The van der Waals surface area contributed by atoms with Crippen molar-refractivity contribution < 1.29 is 19.1 Å². The molecule has 1 aliphatic carbocycles. The Hall–Kier alpha value is -5.85. The van der Waals surface area contributed by atoms with Crippen LogP contribution in [0.1, 0.15) is 58.8 Å². The summed E-state index contributed by atoms with van der Waals surface area (Å²) in [5.74, 6) is 0.799. The molecule has 0 unspecified atom stereocenters. The van der Waals surface area contributed by atoms with Crippen molar-refractivity contribution in [2.24, 2.45) is 5.92 Å². The van der Waals surface area contributed by atoms with Gasteiger partial charge in [0.2, 0.25) is 11.9 Å². The second kappa shape index (κ2) is 12.3. The summed E-state index contributed by atoms with van der Waals surface area (Å²) in [5, 5.41) is 10.6. The smallest absolute Gasteiger partial charge is 0.271 e. The largest absolute Gasteiger partial charge is 0.494 e. The van der Waals surface area contributed by atoms with Crippen molar-refractivity contribution in [1.29, 1.82) is 0 Å². The summed E-state index contributed by atoms with van der Waals surface area (Å²) in [5.41, 5.74) is 4.87. The zero-order valence-electron chi connectivity index (χ0n) is 28.0. The van der Waals surface area contributed by atoms with Gasteiger partial charge in [-0.2, -0.15) is 4.98 Å². The molecule has 0 spiro atoms. The highest BCUT2D eigenvalue weighted by Gasteiger charge is 2.38. The Bertz CT molecular complexity index is 2120. The number of pyridine rings is 1. The first-order valence-electron chi connectivity index (χ1n) is 16.1. The minimum absolute atomic E-state index is 0.00456. The summed E-state index contributed by atoms with van der Waals surface area (Å²) in [7, 11) is 4.98. The summed E-state index contributed by atoms with van der Waals surface area (Å²) in [4.78, 5) is 55.8. The van der Waals surface area contributed by atoms with Crippen molar-refractivity contribution in [1.82, 2.24) is 34.4 Å². The molecule has 13 nitrogen and oxygen atoms in total. The van der Waals surface area contributed by atoms with Crippen molar-refractivity contribution in [2.75, 3.05) is 31.8 Å². The van der Waals surface area contributed by atoms with Crippen molar-refractivity contribution in [3.63, 3.8) is 0 Å². The molecule has 3 amide bonds. The molecule has 5 aromatic rings. The Morgan fingerprint density at radius 2 is 1.84 bits per heavy atom. The van der Waals surface area contributed by atoms with E-state index in [1.165, 1.54) is 4.90 Å². The number of carbonyl (C=O) groups is 3. The van der Waals surface area contributed by atoms with E-state index in [0.29, 0.717) is 46.3 Å². The number of ether oxygens (including phenoxy) is 1. The molecule has 1 aliphatic heterocycles. The number of imidazole rings is 1. The van der Waals surface area contributed by atoms with E-state index in [1.807, 2.05) is 61.2 Å². The molecule has 3 aromatic heterocycles. The molecule has 1 saturated carbocycles. The molecule has 0 radical (unpaired) electrons. The van der Waals surface area contributed by atoms with Gasteiger partial charge in [0.25, 0.3) is 11.8 Å². The number of para-hydroxylation sites is 1. The van der Waals surface area contributed by atoms with Gasteiger partial charge in [0.1, 0.15) is 11.4 Å². The average Bonchev–Trinajstić information content (AvgIpc) is 3.83. The quantitative estimate of drug-likeness (QED) is 0.224. The SMILES string of the molecule is COc1c(Nc2nc(NC(=O)C3CC3)nn3ccnc23)cccc1-c1ccc2c(c1)CC(C)(C)N(Cc1cccc(C(=O)N(C)C)n1)C2=O. The number of carbonyl (C=O) groups excluding carboxylic acids is 3. The normalized spacial score (nSPS) is 15.1. The van der Waals surface area contributed by atoms with Gasteiger partial charge in [-0.25, -0.2) is 14.5 Å². The number of amides is 3. The fourth-order valence-corrected chi connectivity index (χ4v) is 6.19. The van der Waals surface area contributed by atoms with Crippen LogP contribution in [-0.2, 0) is 17.8 Å². The minimum Gasteiger partial charge on any atom is -0.494 e. The molecule has 2 aliphatic rings. The molecule has 0 saturated heterocycles. The van der Waals surface area contributed by atoms with Crippen LogP contribution in [-0.4, -0.2) is 78.8 Å². The first-order chi connectivity index (χ1) is 23.5. The van der Waals surface area contributed by atoms with E-state index in [4.69, 9.17) is 4.74 Å². The monoisotopic (exact) mass is 659 g/mol. The minimum atomic E-state index is -0.519. The van der Waals surface area contributed by atoms with E-state index in [9.17, 15) is 14.4 Å². The van der Waals surface area contributed by atoms with Crippen LogP contribution in [0.5, 0.6) is 5.75 Å². The molecule has 250 valence electrons. The van der Waals surface area contributed by atoms with Crippen LogP contribution in [0.2, 0.25) is 0 Å². The lowest BCUT2D eigenvalue weighted by molar-refractivity contribution is -0.117. The van der Waals surface area contributed by atoms with E-state index in [1.54, 1.807) is 50.2 Å². The van der Waals surface area contributed by atoms with E-state index in [0.717, 1.165) is 29.5 Å². The summed E-state index contributed by atoms with van der Waals surface area (Å²) < 4.78 is 7.52. The molecule has 7 rings (SSSR count). The summed E-state index contributed by atoms with van der Waals surface area (Å²) >= 11 is 0. The van der Waals surface area contributed by atoms with Crippen LogP contribution < -0.4 is 15.4 Å². The number of benzene rings is 2. The maximum absolute atomic E-state index is 14.0. The van der Waals surface area contributed by atoms with Crippen LogP contribution in [0.4, 0.5) is 17.5 Å². The maximum Gasteiger partial charge on any atom is 0.271 e. The molecule has 4 heterocycles. The van der Waals surface area contributed by atoms with Gasteiger partial charge in [-0.15, -0.1) is 5.10 Å². The highest BCUT2D eigenvalue weighted by atomic mass is 16.5. The van der Waals surface area contributed by atoms with E-state index in [-0.39, 0.29) is 36.1 Å². The molecule has 1 fully saturated rings. The topological polar surface area (TPSA) is 147 Å². The Kier molecular flexibility index (Phi) is 7.97. The molecule has 2 N–H and O–H groups in total. The molecular formula is C36H37N9O4. The standard InChI is InChI=1S/C36H37N9O4/c1-36(2)19-23-18-22(14-15-26(23)33(47)44(36)20-24-8-6-11-28(38-24)34(48)43(3)4)25-9-7-10-27(29(25)49-5)39-30-31-37-16-17-45(31)42-35(40-30)41-32(46)21-12-13-21/h6-11,14-18,21H,12-13,19-20H2,1-5H3,(H2,39,40,41,42,46). The van der Waals surface area contributed by atoms with Crippen molar-refractivity contribution in [3.05, 3.63) is 89.5 Å². The number of rotatable bonds is 9. The van der Waals surface area contributed by atoms with Gasteiger partial charge in [-0.3, -0.25) is 19.7 Å². The molecule has 2 aromatic carbocycles. The predicted octanol–water partition coefficient (Wildman–Crippen LogP) is 4.97. The van der Waals surface area contributed by atoms with Gasteiger partial charge in [0.15, 0.2) is 11.5 Å². The fraction of sp³-hybridized carbons (Fsp3) is 0.306. The van der Waals surface area contributed by atoms with Crippen molar-refractivity contribution in [3.8, 4) is 16.9 Å². The van der Waals surface area contributed by atoms with Gasteiger partial charge in [-0.1, -0.05) is 30.3 Å². The number of nitrogens with zero attached hydrogens (tertiary/aromatic N) is 7. The van der Waals surface area contributed by atoms with Crippen LogP contribution in [0.25, 0.3) is 16.8 Å². The fourth-order valence-electron chi connectivity index (χ4n) is 6.19. The lowest BCUT2D eigenvalue weighted by Crippen LogP contribution is -2.52. The number of nitrogens with one attached hydrogen (secondary N) is 2. The van der Waals surface area contributed by atoms with Gasteiger partial charge in [0, 0.05) is 49.1 Å².